The zero-order chi connectivity index (χ0) is 11.9. The Morgan fingerprint density at radius 1 is 1.19 bits per heavy atom. The van der Waals surface area contributed by atoms with E-state index < -0.39 is 0 Å². The average Bonchev–Trinajstić information content (AvgIpc) is 2.21. The van der Waals surface area contributed by atoms with E-state index in [1.54, 1.807) is 0 Å². The molecule has 1 saturated carbocycles. The maximum atomic E-state index is 3.49. The van der Waals surface area contributed by atoms with E-state index in [0.29, 0.717) is 23.3 Å². The summed E-state index contributed by atoms with van der Waals surface area (Å²) < 4.78 is 1.16. The minimum Gasteiger partial charge on any atom is -0.316 e. The third kappa shape index (κ3) is 1.72. The first kappa shape index (κ1) is 12.1. The largest absolute Gasteiger partial charge is 0.316 e. The molecule has 16 heavy (non-hydrogen) atoms. The van der Waals surface area contributed by atoms with Crippen LogP contribution in [0.2, 0.25) is 0 Å². The van der Waals surface area contributed by atoms with Crippen molar-refractivity contribution >= 4 is 15.9 Å². The normalized spacial score (nSPS) is 32.2. The van der Waals surface area contributed by atoms with Crippen LogP contribution in [0.1, 0.15) is 32.3 Å². The third-order valence-electron chi connectivity index (χ3n) is 4.19. The Morgan fingerprint density at radius 2 is 1.75 bits per heavy atom. The molecule has 0 amide bonds. The van der Waals surface area contributed by atoms with Gasteiger partial charge in [0, 0.05) is 10.5 Å². The quantitative estimate of drug-likeness (QED) is 0.870. The number of hydrogen-bond acceptors (Lipinski definition) is 1. The molecule has 0 spiro atoms. The molecule has 0 heterocycles. The van der Waals surface area contributed by atoms with Crippen LogP contribution in [0.4, 0.5) is 0 Å². The molecule has 1 aromatic rings. The van der Waals surface area contributed by atoms with Gasteiger partial charge in [-0.2, -0.15) is 0 Å². The number of nitrogens with one attached hydrogen (secondary N) is 1. The van der Waals surface area contributed by atoms with Crippen molar-refractivity contribution in [2.75, 3.05) is 7.05 Å². The Kier molecular flexibility index (Phi) is 3.15. The Balaban J connectivity index is 2.26. The van der Waals surface area contributed by atoms with Crippen molar-refractivity contribution in [2.24, 2.45) is 11.3 Å². The highest BCUT2D eigenvalue weighted by Gasteiger charge is 2.53. The van der Waals surface area contributed by atoms with Gasteiger partial charge in [-0.1, -0.05) is 48.8 Å². The molecule has 1 N–H and O–H groups in total. The second-order valence-corrected chi connectivity index (χ2v) is 6.39. The lowest BCUT2D eigenvalue weighted by molar-refractivity contribution is 0.00508. The molecule has 0 saturated heterocycles. The topological polar surface area (TPSA) is 12.0 Å². The fourth-order valence-electron chi connectivity index (χ4n) is 3.66. The Bertz CT molecular complexity index is 369. The van der Waals surface area contributed by atoms with E-state index in [2.05, 4.69) is 73.3 Å². The molecule has 1 fully saturated rings. The zero-order valence-electron chi connectivity index (χ0n) is 10.4. The van der Waals surface area contributed by atoms with E-state index in [0.717, 1.165) is 4.47 Å². The summed E-state index contributed by atoms with van der Waals surface area (Å²) in [4.78, 5) is 0. The van der Waals surface area contributed by atoms with Gasteiger partial charge in [-0.25, -0.2) is 0 Å². The lowest BCUT2D eigenvalue weighted by Crippen LogP contribution is -2.60. The van der Waals surface area contributed by atoms with Crippen LogP contribution in [0.25, 0.3) is 0 Å². The summed E-state index contributed by atoms with van der Waals surface area (Å²) in [7, 11) is 2.07. The van der Waals surface area contributed by atoms with Gasteiger partial charge in [-0.15, -0.1) is 0 Å². The number of hydrogen-bond donors (Lipinski definition) is 1. The number of rotatable bonds is 2. The first-order valence-electron chi connectivity index (χ1n) is 5.91. The highest BCUT2D eigenvalue weighted by atomic mass is 79.9. The van der Waals surface area contributed by atoms with Crippen LogP contribution in [0.15, 0.2) is 28.7 Å². The van der Waals surface area contributed by atoms with Crippen molar-refractivity contribution < 1.29 is 0 Å². The van der Waals surface area contributed by atoms with E-state index in [1.165, 1.54) is 5.56 Å². The van der Waals surface area contributed by atoms with Crippen LogP contribution < -0.4 is 5.32 Å². The summed E-state index contributed by atoms with van der Waals surface area (Å²) in [5.41, 5.74) is 1.81. The van der Waals surface area contributed by atoms with Gasteiger partial charge in [0.1, 0.15) is 0 Å². The summed E-state index contributed by atoms with van der Waals surface area (Å²) in [5, 5.41) is 3.44. The second-order valence-electron chi connectivity index (χ2n) is 5.48. The number of benzene rings is 1. The molecular formula is C14H20BrN. The van der Waals surface area contributed by atoms with Gasteiger partial charge in [0.2, 0.25) is 0 Å². The first-order valence-corrected chi connectivity index (χ1v) is 6.70. The summed E-state index contributed by atoms with van der Waals surface area (Å²) in [6, 6.07) is 9.41. The molecule has 0 aromatic heterocycles. The molecule has 2 rings (SSSR count). The van der Waals surface area contributed by atoms with Crippen molar-refractivity contribution in [1.29, 1.82) is 0 Å². The molecule has 1 aromatic carbocycles. The third-order valence-corrected chi connectivity index (χ3v) is 4.72. The average molecular weight is 282 g/mol. The fourth-order valence-corrected chi connectivity index (χ4v) is 3.92. The lowest BCUT2D eigenvalue weighted by atomic mass is 9.50. The molecule has 1 nitrogen and oxygen atoms in total. The van der Waals surface area contributed by atoms with E-state index in [4.69, 9.17) is 0 Å². The summed E-state index contributed by atoms with van der Waals surface area (Å²) >= 11 is 3.49. The van der Waals surface area contributed by atoms with Crippen LogP contribution in [-0.2, 0) is 0 Å². The van der Waals surface area contributed by atoms with Crippen LogP contribution >= 0.6 is 15.9 Å². The van der Waals surface area contributed by atoms with Crippen molar-refractivity contribution in [3.8, 4) is 0 Å². The van der Waals surface area contributed by atoms with Crippen molar-refractivity contribution in [3.05, 3.63) is 34.3 Å². The van der Waals surface area contributed by atoms with Crippen molar-refractivity contribution in [1.82, 2.24) is 5.32 Å². The Hall–Kier alpha value is -0.340. The predicted octanol–water partition coefficient (Wildman–Crippen LogP) is 3.80. The molecule has 1 aliphatic carbocycles. The Labute approximate surface area is 107 Å². The monoisotopic (exact) mass is 281 g/mol. The molecule has 0 aliphatic heterocycles. The molecule has 2 heteroatoms. The standard InChI is InChI=1S/C14H20BrN/c1-9-12(14(2,3)13(9)16-4)10-5-7-11(15)8-6-10/h5-9,12-13,16H,1-4H3. The zero-order valence-corrected chi connectivity index (χ0v) is 12.0. The van der Waals surface area contributed by atoms with E-state index >= 15 is 0 Å². The summed E-state index contributed by atoms with van der Waals surface area (Å²) in [6.07, 6.45) is 0. The molecule has 1 aliphatic rings. The number of halogens is 1. The highest BCUT2D eigenvalue weighted by molar-refractivity contribution is 9.10. The Morgan fingerprint density at radius 3 is 2.19 bits per heavy atom. The predicted molar refractivity (Wildman–Crippen MR) is 72.7 cm³/mol. The molecule has 88 valence electrons. The van der Waals surface area contributed by atoms with Gasteiger partial charge in [0.05, 0.1) is 0 Å². The molecule has 3 unspecified atom stereocenters. The van der Waals surface area contributed by atoms with Crippen molar-refractivity contribution in [3.63, 3.8) is 0 Å². The molecule has 3 atom stereocenters. The molecule has 0 bridgehead atoms. The van der Waals surface area contributed by atoms with Crippen LogP contribution in [0, 0.1) is 11.3 Å². The van der Waals surface area contributed by atoms with Crippen molar-refractivity contribution in [2.45, 2.75) is 32.7 Å². The summed E-state index contributed by atoms with van der Waals surface area (Å²) in [5.74, 6) is 1.37. The molecular weight excluding hydrogens is 262 g/mol. The minimum absolute atomic E-state index is 0.349. The van der Waals surface area contributed by atoms with E-state index in [9.17, 15) is 0 Å². The maximum Gasteiger partial charge on any atom is 0.0175 e. The van der Waals surface area contributed by atoms with Gasteiger partial charge in [-0.3, -0.25) is 0 Å². The van der Waals surface area contributed by atoms with E-state index in [1.807, 2.05) is 0 Å². The fraction of sp³-hybridized carbons (Fsp3) is 0.571. The van der Waals surface area contributed by atoms with Crippen LogP contribution in [0.5, 0.6) is 0 Å². The molecule has 0 radical (unpaired) electrons. The maximum absolute atomic E-state index is 3.49. The van der Waals surface area contributed by atoms with Crippen LogP contribution in [-0.4, -0.2) is 13.1 Å². The van der Waals surface area contributed by atoms with Gasteiger partial charge in [0.25, 0.3) is 0 Å². The smallest absolute Gasteiger partial charge is 0.0175 e. The van der Waals surface area contributed by atoms with Gasteiger partial charge < -0.3 is 5.32 Å². The second kappa shape index (κ2) is 4.15. The SMILES string of the molecule is CNC1C(C)C(c2ccc(Br)cc2)C1(C)C. The van der Waals surface area contributed by atoms with Crippen LogP contribution in [0.3, 0.4) is 0 Å². The lowest BCUT2D eigenvalue weighted by Gasteiger charge is -2.58. The minimum atomic E-state index is 0.349. The van der Waals surface area contributed by atoms with E-state index in [-0.39, 0.29) is 0 Å². The van der Waals surface area contributed by atoms with Gasteiger partial charge in [0.15, 0.2) is 0 Å². The summed E-state index contributed by atoms with van der Waals surface area (Å²) in [6.45, 7) is 7.07. The first-order chi connectivity index (χ1) is 7.48. The van der Waals surface area contributed by atoms with Gasteiger partial charge in [-0.05, 0) is 42.0 Å². The van der Waals surface area contributed by atoms with Gasteiger partial charge >= 0.3 is 0 Å². The highest BCUT2D eigenvalue weighted by Crippen LogP contribution is 2.56.